The van der Waals surface area contributed by atoms with E-state index in [-0.39, 0.29) is 0 Å². The molecule has 0 aromatic carbocycles. The van der Waals surface area contributed by atoms with Gasteiger partial charge in [-0.25, -0.2) is 0 Å². The molecule has 0 saturated carbocycles. The number of nitrogens with two attached hydrogens (primary N) is 1. The molecule has 1 aliphatic rings. The molecule has 1 atom stereocenters. The molecule has 2 rings (SSSR count). The van der Waals surface area contributed by atoms with Crippen LogP contribution in [-0.4, -0.2) is 29.0 Å². The summed E-state index contributed by atoms with van der Waals surface area (Å²) in [5.41, 5.74) is 8.09. The zero-order chi connectivity index (χ0) is 9.97. The Morgan fingerprint density at radius 2 is 2.43 bits per heavy atom. The number of aryl methyl sites for hydroxylation is 1. The first kappa shape index (κ1) is 9.62. The SMILES string of the molecule is Cc1cccc(CN2CC[C@H](N)C2)n1. The van der Waals surface area contributed by atoms with Crippen molar-refractivity contribution >= 4 is 0 Å². The third-order valence-corrected chi connectivity index (χ3v) is 2.64. The lowest BCUT2D eigenvalue weighted by molar-refractivity contribution is 0.322. The maximum Gasteiger partial charge on any atom is 0.0547 e. The molecule has 1 aliphatic heterocycles. The van der Waals surface area contributed by atoms with Gasteiger partial charge in [0.25, 0.3) is 0 Å². The Balaban J connectivity index is 1.97. The van der Waals surface area contributed by atoms with E-state index >= 15 is 0 Å². The highest BCUT2D eigenvalue weighted by Crippen LogP contribution is 2.10. The standard InChI is InChI=1S/C11H17N3/c1-9-3-2-4-11(13-9)8-14-6-5-10(12)7-14/h2-4,10H,5-8,12H2,1H3/t10-/m0/s1. The van der Waals surface area contributed by atoms with Gasteiger partial charge in [-0.15, -0.1) is 0 Å². The van der Waals surface area contributed by atoms with Crippen LogP contribution in [0.1, 0.15) is 17.8 Å². The van der Waals surface area contributed by atoms with Crippen LogP contribution in [0.3, 0.4) is 0 Å². The van der Waals surface area contributed by atoms with Gasteiger partial charge in [0.2, 0.25) is 0 Å². The van der Waals surface area contributed by atoms with Crippen LogP contribution in [0.2, 0.25) is 0 Å². The summed E-state index contributed by atoms with van der Waals surface area (Å²) in [7, 11) is 0. The van der Waals surface area contributed by atoms with E-state index in [1.807, 2.05) is 13.0 Å². The van der Waals surface area contributed by atoms with Gasteiger partial charge in [0.05, 0.1) is 5.69 Å². The predicted octanol–water partition coefficient (Wildman–Crippen LogP) is 0.923. The molecule has 2 heterocycles. The van der Waals surface area contributed by atoms with Crippen molar-refractivity contribution < 1.29 is 0 Å². The fourth-order valence-electron chi connectivity index (χ4n) is 1.92. The van der Waals surface area contributed by atoms with Gasteiger partial charge >= 0.3 is 0 Å². The Hall–Kier alpha value is -0.930. The highest BCUT2D eigenvalue weighted by atomic mass is 15.2. The topological polar surface area (TPSA) is 42.1 Å². The lowest BCUT2D eigenvalue weighted by atomic mass is 10.3. The van der Waals surface area contributed by atoms with Crippen molar-refractivity contribution in [3.8, 4) is 0 Å². The minimum Gasteiger partial charge on any atom is -0.326 e. The number of pyridine rings is 1. The molecule has 14 heavy (non-hydrogen) atoms. The quantitative estimate of drug-likeness (QED) is 0.756. The van der Waals surface area contributed by atoms with Gasteiger partial charge in [-0.05, 0) is 25.5 Å². The van der Waals surface area contributed by atoms with Crippen molar-refractivity contribution in [2.24, 2.45) is 5.73 Å². The van der Waals surface area contributed by atoms with Gasteiger partial charge in [0.15, 0.2) is 0 Å². The Morgan fingerprint density at radius 1 is 1.57 bits per heavy atom. The van der Waals surface area contributed by atoms with Gasteiger partial charge in [0.1, 0.15) is 0 Å². The van der Waals surface area contributed by atoms with Crippen LogP contribution in [0.15, 0.2) is 18.2 Å². The van der Waals surface area contributed by atoms with Crippen LogP contribution >= 0.6 is 0 Å². The first-order chi connectivity index (χ1) is 6.74. The zero-order valence-electron chi connectivity index (χ0n) is 8.61. The maximum absolute atomic E-state index is 5.85. The van der Waals surface area contributed by atoms with Crippen molar-refractivity contribution in [1.82, 2.24) is 9.88 Å². The van der Waals surface area contributed by atoms with Crippen molar-refractivity contribution in [2.45, 2.75) is 25.9 Å². The molecular formula is C11H17N3. The third kappa shape index (κ3) is 2.30. The second kappa shape index (κ2) is 4.07. The van der Waals surface area contributed by atoms with Crippen LogP contribution in [-0.2, 0) is 6.54 Å². The van der Waals surface area contributed by atoms with Crippen molar-refractivity contribution in [3.63, 3.8) is 0 Å². The van der Waals surface area contributed by atoms with Gasteiger partial charge in [-0.3, -0.25) is 9.88 Å². The van der Waals surface area contributed by atoms with Crippen LogP contribution in [0.25, 0.3) is 0 Å². The van der Waals surface area contributed by atoms with Gasteiger partial charge in [-0.2, -0.15) is 0 Å². The van der Waals surface area contributed by atoms with Crippen LogP contribution in [0.4, 0.5) is 0 Å². The van der Waals surface area contributed by atoms with Gasteiger partial charge in [-0.1, -0.05) is 6.07 Å². The number of aromatic nitrogens is 1. The summed E-state index contributed by atoms with van der Waals surface area (Å²) in [4.78, 5) is 6.85. The average Bonchev–Trinajstić information content (AvgIpc) is 2.51. The van der Waals surface area contributed by atoms with E-state index in [1.165, 1.54) is 0 Å². The normalized spacial score (nSPS) is 22.9. The van der Waals surface area contributed by atoms with Crippen LogP contribution in [0, 0.1) is 6.92 Å². The Kier molecular flexibility index (Phi) is 2.79. The second-order valence-corrected chi connectivity index (χ2v) is 4.05. The Bertz CT molecular complexity index is 311. The first-order valence-corrected chi connectivity index (χ1v) is 5.14. The minimum atomic E-state index is 0.361. The van der Waals surface area contributed by atoms with E-state index in [9.17, 15) is 0 Å². The summed E-state index contributed by atoms with van der Waals surface area (Å²) in [5, 5.41) is 0. The fourth-order valence-corrected chi connectivity index (χ4v) is 1.92. The van der Waals surface area contributed by atoms with Gasteiger partial charge < -0.3 is 5.73 Å². The summed E-state index contributed by atoms with van der Waals surface area (Å²) in [5.74, 6) is 0. The molecule has 76 valence electrons. The van der Waals surface area contributed by atoms with Crippen molar-refractivity contribution in [2.75, 3.05) is 13.1 Å². The fraction of sp³-hybridized carbons (Fsp3) is 0.545. The Labute approximate surface area is 84.9 Å². The number of hydrogen-bond acceptors (Lipinski definition) is 3. The highest BCUT2D eigenvalue weighted by Gasteiger charge is 2.18. The second-order valence-electron chi connectivity index (χ2n) is 4.05. The molecule has 0 aliphatic carbocycles. The summed E-state index contributed by atoms with van der Waals surface area (Å²) >= 11 is 0. The number of likely N-dealkylation sites (tertiary alicyclic amines) is 1. The maximum atomic E-state index is 5.85. The van der Waals surface area contributed by atoms with Crippen molar-refractivity contribution in [3.05, 3.63) is 29.6 Å². The molecule has 1 fully saturated rings. The van der Waals surface area contributed by atoms with E-state index in [0.717, 1.165) is 37.4 Å². The lowest BCUT2D eigenvalue weighted by Crippen LogP contribution is -2.26. The molecule has 3 nitrogen and oxygen atoms in total. The van der Waals surface area contributed by atoms with Gasteiger partial charge in [0, 0.05) is 31.4 Å². The molecule has 0 radical (unpaired) electrons. The molecule has 0 spiro atoms. The third-order valence-electron chi connectivity index (χ3n) is 2.64. The molecule has 2 N–H and O–H groups in total. The minimum absolute atomic E-state index is 0.361. The average molecular weight is 191 g/mol. The summed E-state index contributed by atoms with van der Waals surface area (Å²) < 4.78 is 0. The molecule has 1 aromatic heterocycles. The van der Waals surface area contributed by atoms with Crippen LogP contribution < -0.4 is 5.73 Å². The molecular weight excluding hydrogens is 174 g/mol. The molecule has 1 saturated heterocycles. The molecule has 0 amide bonds. The van der Waals surface area contributed by atoms with Crippen LogP contribution in [0.5, 0.6) is 0 Å². The molecule has 1 aromatic rings. The molecule has 0 unspecified atom stereocenters. The predicted molar refractivity (Wildman–Crippen MR) is 56.8 cm³/mol. The first-order valence-electron chi connectivity index (χ1n) is 5.14. The number of rotatable bonds is 2. The largest absolute Gasteiger partial charge is 0.326 e. The number of hydrogen-bond donors (Lipinski definition) is 1. The van der Waals surface area contributed by atoms with E-state index in [2.05, 4.69) is 22.0 Å². The molecule has 3 heteroatoms. The highest BCUT2D eigenvalue weighted by molar-refractivity contribution is 5.10. The Morgan fingerprint density at radius 3 is 3.07 bits per heavy atom. The van der Waals surface area contributed by atoms with E-state index < -0.39 is 0 Å². The number of nitrogens with zero attached hydrogens (tertiary/aromatic N) is 2. The van der Waals surface area contributed by atoms with Crippen molar-refractivity contribution in [1.29, 1.82) is 0 Å². The lowest BCUT2D eigenvalue weighted by Gasteiger charge is -2.14. The van der Waals surface area contributed by atoms with E-state index in [4.69, 9.17) is 5.73 Å². The summed E-state index contributed by atoms with van der Waals surface area (Å²) in [6, 6.07) is 6.53. The van der Waals surface area contributed by atoms with E-state index in [0.29, 0.717) is 6.04 Å². The zero-order valence-corrected chi connectivity index (χ0v) is 8.61. The summed E-state index contributed by atoms with van der Waals surface area (Å²) in [6.07, 6.45) is 1.12. The van der Waals surface area contributed by atoms with E-state index in [1.54, 1.807) is 0 Å². The smallest absolute Gasteiger partial charge is 0.0547 e. The molecule has 0 bridgehead atoms. The monoisotopic (exact) mass is 191 g/mol. The summed E-state index contributed by atoms with van der Waals surface area (Å²) in [6.45, 7) is 5.08.